The van der Waals surface area contributed by atoms with Gasteiger partial charge in [-0.2, -0.15) is 0 Å². The van der Waals surface area contributed by atoms with Crippen molar-refractivity contribution in [3.05, 3.63) is 47.6 Å². The van der Waals surface area contributed by atoms with Crippen LogP contribution in [0.15, 0.2) is 42.0 Å². The number of carbonyl (C=O) groups is 1. The number of fused-ring (bicyclic) bond motifs is 3. The van der Waals surface area contributed by atoms with Crippen molar-refractivity contribution in [3.63, 3.8) is 0 Å². The van der Waals surface area contributed by atoms with Crippen LogP contribution >= 0.6 is 11.3 Å². The van der Waals surface area contributed by atoms with Gasteiger partial charge in [-0.25, -0.2) is 9.97 Å². The molecule has 5 rings (SSSR count). The van der Waals surface area contributed by atoms with Crippen LogP contribution in [-0.4, -0.2) is 25.8 Å². The molecule has 0 saturated heterocycles. The Labute approximate surface area is 134 Å². The highest BCUT2D eigenvalue weighted by Crippen LogP contribution is 2.39. The molecule has 23 heavy (non-hydrogen) atoms. The van der Waals surface area contributed by atoms with Gasteiger partial charge in [0.15, 0.2) is 5.13 Å². The highest BCUT2D eigenvalue weighted by atomic mass is 32.1. The molecule has 0 radical (unpaired) electrons. The number of hydrogen-bond acceptors (Lipinski definition) is 5. The third-order valence-electron chi connectivity index (χ3n) is 3.76. The zero-order valence-electron chi connectivity index (χ0n) is 11.7. The van der Waals surface area contributed by atoms with Crippen LogP contribution in [0.1, 0.15) is 10.4 Å². The first kappa shape index (κ1) is 12.5. The van der Waals surface area contributed by atoms with Crippen molar-refractivity contribution in [1.82, 2.24) is 19.9 Å². The van der Waals surface area contributed by atoms with Gasteiger partial charge >= 0.3 is 0 Å². The van der Waals surface area contributed by atoms with Gasteiger partial charge in [-0.1, -0.05) is 6.07 Å². The maximum absolute atomic E-state index is 12.5. The molecule has 3 aromatic heterocycles. The maximum atomic E-state index is 12.5. The Hall–Kier alpha value is -3.06. The van der Waals surface area contributed by atoms with Crippen LogP contribution in [0.25, 0.3) is 33.7 Å². The van der Waals surface area contributed by atoms with Gasteiger partial charge in [0.25, 0.3) is 5.91 Å². The Morgan fingerprint density at radius 3 is 3.00 bits per heavy atom. The first-order chi connectivity index (χ1) is 11.3. The molecular weight excluding hydrogens is 310 g/mol. The van der Waals surface area contributed by atoms with Crippen molar-refractivity contribution in [1.29, 1.82) is 0 Å². The quantitative estimate of drug-likeness (QED) is 0.534. The lowest BCUT2D eigenvalue weighted by Gasteiger charge is -1.99. The van der Waals surface area contributed by atoms with Crippen molar-refractivity contribution in [2.75, 3.05) is 5.32 Å². The van der Waals surface area contributed by atoms with Gasteiger partial charge in [0, 0.05) is 23.2 Å². The summed E-state index contributed by atoms with van der Waals surface area (Å²) in [5.74, 6) is -0.178. The van der Waals surface area contributed by atoms with Gasteiger partial charge in [0.2, 0.25) is 0 Å². The molecule has 0 atom stereocenters. The largest absolute Gasteiger partial charge is 0.359 e. The molecule has 7 heteroatoms. The average molecular weight is 319 g/mol. The Morgan fingerprint density at radius 1 is 1.17 bits per heavy atom. The van der Waals surface area contributed by atoms with E-state index in [0.29, 0.717) is 10.7 Å². The molecule has 110 valence electrons. The van der Waals surface area contributed by atoms with E-state index in [1.54, 1.807) is 12.4 Å². The van der Waals surface area contributed by atoms with E-state index in [9.17, 15) is 4.79 Å². The molecule has 1 aliphatic heterocycles. The monoisotopic (exact) mass is 319 g/mol. The summed E-state index contributed by atoms with van der Waals surface area (Å²) < 4.78 is 0. The summed E-state index contributed by atoms with van der Waals surface area (Å²) in [6.07, 6.45) is 3.43. The smallest absolute Gasteiger partial charge is 0.259 e. The Balaban J connectivity index is 1.42. The van der Waals surface area contributed by atoms with Crippen LogP contribution in [0.3, 0.4) is 0 Å². The molecule has 0 unspecified atom stereocenters. The summed E-state index contributed by atoms with van der Waals surface area (Å²) >= 11 is 1.38. The number of pyridine rings is 2. The topological polar surface area (TPSA) is 83.6 Å². The number of nitrogens with one attached hydrogen (secondary N) is 2. The fraction of sp³-hybridized carbons (Fsp3) is 0. The van der Waals surface area contributed by atoms with E-state index in [0.717, 1.165) is 33.7 Å². The minimum absolute atomic E-state index is 0.178. The molecule has 2 aliphatic rings. The lowest BCUT2D eigenvalue weighted by Crippen LogP contribution is -2.10. The van der Waals surface area contributed by atoms with E-state index in [2.05, 4.69) is 25.3 Å². The molecule has 4 heterocycles. The minimum atomic E-state index is -0.178. The summed E-state index contributed by atoms with van der Waals surface area (Å²) in [6.45, 7) is 0. The number of carbonyl (C=O) groups excluding carboxylic acids is 1. The Bertz CT molecular complexity index is 1070. The van der Waals surface area contributed by atoms with E-state index >= 15 is 0 Å². The molecule has 6 nitrogen and oxygen atoms in total. The lowest BCUT2D eigenvalue weighted by atomic mass is 10.2. The lowest BCUT2D eigenvalue weighted by molar-refractivity contribution is 0.102. The molecule has 1 amide bonds. The fourth-order valence-electron chi connectivity index (χ4n) is 2.61. The van der Waals surface area contributed by atoms with E-state index in [4.69, 9.17) is 0 Å². The van der Waals surface area contributed by atoms with E-state index < -0.39 is 0 Å². The summed E-state index contributed by atoms with van der Waals surface area (Å²) in [5.41, 5.74) is 5.01. The van der Waals surface area contributed by atoms with Crippen molar-refractivity contribution >= 4 is 33.3 Å². The molecular formula is C16H9N5OS. The van der Waals surface area contributed by atoms with Crippen LogP contribution in [0.5, 0.6) is 0 Å². The second-order valence-corrected chi connectivity index (χ2v) is 6.05. The number of H-pyrrole nitrogens is 1. The predicted molar refractivity (Wildman–Crippen MR) is 88.4 cm³/mol. The van der Waals surface area contributed by atoms with E-state index in [1.807, 2.05) is 29.6 Å². The standard InChI is InChI=1S/C16H9N5OS/c22-15(9-6-18-13-8(9)5-11-14(13)19-11)21-16-20-12(7-23-16)10-3-1-2-4-17-10/h1-7,18H,(H,20,21,22). The van der Waals surface area contributed by atoms with Crippen molar-refractivity contribution in [3.8, 4) is 22.8 Å². The third-order valence-corrected chi connectivity index (χ3v) is 4.52. The Kier molecular flexibility index (Phi) is 2.42. The molecule has 1 aliphatic carbocycles. The molecule has 0 saturated carbocycles. The molecule has 2 N–H and O–H groups in total. The van der Waals surface area contributed by atoms with Crippen LogP contribution in [0.2, 0.25) is 0 Å². The van der Waals surface area contributed by atoms with Gasteiger partial charge in [-0.05, 0) is 18.2 Å². The van der Waals surface area contributed by atoms with Crippen molar-refractivity contribution in [2.24, 2.45) is 0 Å². The fourth-order valence-corrected chi connectivity index (χ4v) is 3.31. The van der Waals surface area contributed by atoms with Gasteiger partial charge in [0.05, 0.1) is 22.5 Å². The van der Waals surface area contributed by atoms with Gasteiger partial charge in [0.1, 0.15) is 11.4 Å². The van der Waals surface area contributed by atoms with Gasteiger partial charge < -0.3 is 4.98 Å². The van der Waals surface area contributed by atoms with E-state index in [1.165, 1.54) is 11.3 Å². The second-order valence-electron chi connectivity index (χ2n) is 5.19. The zero-order valence-corrected chi connectivity index (χ0v) is 12.5. The summed E-state index contributed by atoms with van der Waals surface area (Å²) in [6, 6.07) is 7.58. The van der Waals surface area contributed by atoms with Crippen LogP contribution in [0, 0.1) is 0 Å². The molecule has 0 aromatic carbocycles. The van der Waals surface area contributed by atoms with E-state index in [-0.39, 0.29) is 5.91 Å². The molecule has 3 aromatic rings. The number of hydrogen-bond donors (Lipinski definition) is 2. The van der Waals surface area contributed by atoms with Crippen LogP contribution < -0.4 is 5.32 Å². The number of anilines is 1. The number of aromatic amines is 1. The highest BCUT2D eigenvalue weighted by molar-refractivity contribution is 7.14. The van der Waals surface area contributed by atoms with Crippen LogP contribution in [-0.2, 0) is 0 Å². The van der Waals surface area contributed by atoms with Crippen molar-refractivity contribution in [2.45, 2.75) is 0 Å². The minimum Gasteiger partial charge on any atom is -0.359 e. The average Bonchev–Trinajstić information content (AvgIpc) is 2.94. The summed E-state index contributed by atoms with van der Waals surface area (Å²) in [4.78, 5) is 28.4. The number of aromatic nitrogens is 4. The summed E-state index contributed by atoms with van der Waals surface area (Å²) in [5, 5.41) is 6.19. The molecule has 0 spiro atoms. The SMILES string of the molecule is O=C(Nc1nc(-c2ccccn2)cs1)c1c[nH]c2c3nc-3cc12. The van der Waals surface area contributed by atoms with Crippen LogP contribution in [0.4, 0.5) is 5.13 Å². The third kappa shape index (κ3) is 1.94. The van der Waals surface area contributed by atoms with Gasteiger partial charge in [-0.15, -0.1) is 11.3 Å². The second kappa shape index (κ2) is 4.47. The molecule has 0 fully saturated rings. The summed E-state index contributed by atoms with van der Waals surface area (Å²) in [7, 11) is 0. The first-order valence-corrected chi connectivity index (χ1v) is 7.88. The molecule has 0 bridgehead atoms. The predicted octanol–water partition coefficient (Wildman–Crippen LogP) is 3.31. The van der Waals surface area contributed by atoms with Crippen molar-refractivity contribution < 1.29 is 4.79 Å². The Morgan fingerprint density at radius 2 is 2.13 bits per heavy atom. The number of thiazole rings is 1. The number of amides is 1. The normalized spacial score (nSPS) is 11.7. The van der Waals surface area contributed by atoms with Gasteiger partial charge in [-0.3, -0.25) is 15.1 Å². The first-order valence-electron chi connectivity index (χ1n) is 7.00. The zero-order chi connectivity index (χ0) is 15.4. The number of rotatable bonds is 3. The number of nitrogens with zero attached hydrogens (tertiary/aromatic N) is 3. The maximum Gasteiger partial charge on any atom is 0.259 e. The highest BCUT2D eigenvalue weighted by Gasteiger charge is 2.25.